The van der Waals surface area contributed by atoms with Crippen molar-refractivity contribution < 1.29 is 9.53 Å². The maximum Gasteiger partial charge on any atom is 0.318 e. The van der Waals surface area contributed by atoms with Crippen LogP contribution in [-0.2, 0) is 19.4 Å². The van der Waals surface area contributed by atoms with Crippen LogP contribution in [-0.4, -0.2) is 13.1 Å². The largest absolute Gasteiger partial charge is 0.489 e. The SMILES string of the molecule is CCc1ccc(OCc2cc(CC)ccc2NC(=O)NC)c(C)c1. The van der Waals surface area contributed by atoms with Gasteiger partial charge in [0.1, 0.15) is 12.4 Å². The summed E-state index contributed by atoms with van der Waals surface area (Å²) in [5.41, 5.74) is 5.39. The van der Waals surface area contributed by atoms with Crippen LogP contribution in [0.15, 0.2) is 36.4 Å². The Labute approximate surface area is 144 Å². The summed E-state index contributed by atoms with van der Waals surface area (Å²) in [6.45, 7) is 6.72. The first-order valence-electron chi connectivity index (χ1n) is 8.40. The summed E-state index contributed by atoms with van der Waals surface area (Å²) in [5.74, 6) is 0.875. The van der Waals surface area contributed by atoms with Crippen molar-refractivity contribution in [1.82, 2.24) is 5.32 Å². The predicted molar refractivity (Wildman–Crippen MR) is 98.8 cm³/mol. The molecule has 0 aliphatic carbocycles. The van der Waals surface area contributed by atoms with Crippen LogP contribution in [0.5, 0.6) is 5.75 Å². The van der Waals surface area contributed by atoms with Gasteiger partial charge in [0.05, 0.1) is 0 Å². The molecule has 0 saturated heterocycles. The first-order valence-corrected chi connectivity index (χ1v) is 8.40. The Hall–Kier alpha value is -2.49. The van der Waals surface area contributed by atoms with Gasteiger partial charge in [0.25, 0.3) is 0 Å². The zero-order valence-corrected chi connectivity index (χ0v) is 14.9. The van der Waals surface area contributed by atoms with E-state index in [4.69, 9.17) is 4.74 Å². The quantitative estimate of drug-likeness (QED) is 0.824. The van der Waals surface area contributed by atoms with Crippen molar-refractivity contribution in [2.75, 3.05) is 12.4 Å². The highest BCUT2D eigenvalue weighted by Gasteiger charge is 2.09. The summed E-state index contributed by atoms with van der Waals surface area (Å²) in [7, 11) is 1.60. The van der Waals surface area contributed by atoms with Gasteiger partial charge in [-0.05, 0) is 48.6 Å². The molecule has 0 heterocycles. The second-order valence-corrected chi connectivity index (χ2v) is 5.79. The number of urea groups is 1. The molecule has 0 fully saturated rings. The van der Waals surface area contributed by atoms with Crippen LogP contribution in [0.2, 0.25) is 0 Å². The van der Waals surface area contributed by atoms with E-state index in [9.17, 15) is 4.79 Å². The van der Waals surface area contributed by atoms with E-state index in [1.54, 1.807) is 7.05 Å². The molecule has 0 bridgehead atoms. The standard InChI is InChI=1S/C20H26N2O2/c1-5-15-8-10-19(14(3)11-15)24-13-17-12-16(6-2)7-9-18(17)22-20(23)21-4/h7-12H,5-6,13H2,1-4H3,(H2,21,22,23). The van der Waals surface area contributed by atoms with Gasteiger partial charge in [-0.2, -0.15) is 0 Å². The molecule has 0 saturated carbocycles. The Kier molecular flexibility index (Phi) is 6.24. The van der Waals surface area contributed by atoms with Gasteiger partial charge in [-0.25, -0.2) is 4.79 Å². The normalized spacial score (nSPS) is 10.3. The molecule has 4 nitrogen and oxygen atoms in total. The van der Waals surface area contributed by atoms with Crippen LogP contribution in [0.25, 0.3) is 0 Å². The second-order valence-electron chi connectivity index (χ2n) is 5.79. The second kappa shape index (κ2) is 8.39. The third-order valence-electron chi connectivity index (χ3n) is 4.08. The van der Waals surface area contributed by atoms with Gasteiger partial charge in [-0.3, -0.25) is 0 Å². The number of anilines is 1. The Morgan fingerprint density at radius 2 is 1.71 bits per heavy atom. The van der Waals surface area contributed by atoms with E-state index < -0.39 is 0 Å². The van der Waals surface area contributed by atoms with Gasteiger partial charge >= 0.3 is 6.03 Å². The summed E-state index contributed by atoms with van der Waals surface area (Å²) >= 11 is 0. The lowest BCUT2D eigenvalue weighted by molar-refractivity contribution is 0.254. The molecule has 2 N–H and O–H groups in total. The molecule has 2 aromatic carbocycles. The van der Waals surface area contributed by atoms with Crippen LogP contribution in [0, 0.1) is 6.92 Å². The number of hydrogen-bond donors (Lipinski definition) is 2. The van der Waals surface area contributed by atoms with Crippen LogP contribution < -0.4 is 15.4 Å². The highest BCUT2D eigenvalue weighted by molar-refractivity contribution is 5.89. The fourth-order valence-electron chi connectivity index (χ4n) is 2.54. The van der Waals surface area contributed by atoms with Gasteiger partial charge < -0.3 is 15.4 Å². The summed E-state index contributed by atoms with van der Waals surface area (Å²) in [6, 6.07) is 12.1. The Morgan fingerprint density at radius 3 is 2.33 bits per heavy atom. The van der Waals surface area contributed by atoms with E-state index in [1.165, 1.54) is 11.1 Å². The lowest BCUT2D eigenvalue weighted by Crippen LogP contribution is -2.25. The number of rotatable bonds is 6. The predicted octanol–water partition coefficient (Wildman–Crippen LogP) is 4.45. The summed E-state index contributed by atoms with van der Waals surface area (Å²) in [6.07, 6.45) is 1.96. The summed E-state index contributed by atoms with van der Waals surface area (Å²) in [4.78, 5) is 11.6. The van der Waals surface area contributed by atoms with E-state index in [0.717, 1.165) is 35.4 Å². The van der Waals surface area contributed by atoms with Gasteiger partial charge in [-0.15, -0.1) is 0 Å². The molecule has 0 unspecified atom stereocenters. The van der Waals surface area contributed by atoms with Crippen molar-refractivity contribution >= 4 is 11.7 Å². The van der Waals surface area contributed by atoms with E-state index in [1.807, 2.05) is 18.2 Å². The zero-order chi connectivity index (χ0) is 17.5. The fourth-order valence-corrected chi connectivity index (χ4v) is 2.54. The molecular weight excluding hydrogens is 300 g/mol. The average molecular weight is 326 g/mol. The van der Waals surface area contributed by atoms with Crippen LogP contribution in [0.4, 0.5) is 10.5 Å². The number of aryl methyl sites for hydroxylation is 3. The number of hydrogen-bond acceptors (Lipinski definition) is 2. The molecule has 0 radical (unpaired) electrons. The topological polar surface area (TPSA) is 50.4 Å². The van der Waals surface area contributed by atoms with E-state index in [0.29, 0.717) is 6.61 Å². The molecule has 2 aromatic rings. The van der Waals surface area contributed by atoms with Crippen molar-refractivity contribution in [2.45, 2.75) is 40.2 Å². The first-order chi connectivity index (χ1) is 11.6. The van der Waals surface area contributed by atoms with Crippen molar-refractivity contribution in [3.05, 3.63) is 58.7 Å². The summed E-state index contributed by atoms with van der Waals surface area (Å²) in [5, 5.41) is 5.42. The number of carbonyl (C=O) groups is 1. The van der Waals surface area contributed by atoms with Crippen molar-refractivity contribution in [3.63, 3.8) is 0 Å². The minimum absolute atomic E-state index is 0.232. The number of nitrogens with one attached hydrogen (secondary N) is 2. The third-order valence-corrected chi connectivity index (χ3v) is 4.08. The zero-order valence-electron chi connectivity index (χ0n) is 14.9. The smallest absolute Gasteiger partial charge is 0.318 e. The molecule has 0 atom stereocenters. The number of benzene rings is 2. The van der Waals surface area contributed by atoms with Gasteiger partial charge in [-0.1, -0.05) is 38.1 Å². The highest BCUT2D eigenvalue weighted by atomic mass is 16.5. The number of carbonyl (C=O) groups excluding carboxylic acids is 1. The Bertz CT molecular complexity index is 711. The molecule has 2 rings (SSSR count). The van der Waals surface area contributed by atoms with Gasteiger partial charge in [0, 0.05) is 18.3 Å². The molecule has 128 valence electrons. The van der Waals surface area contributed by atoms with Crippen LogP contribution >= 0.6 is 0 Å². The van der Waals surface area contributed by atoms with Crippen LogP contribution in [0.1, 0.15) is 36.1 Å². The minimum atomic E-state index is -0.232. The lowest BCUT2D eigenvalue weighted by Gasteiger charge is -2.15. The molecule has 24 heavy (non-hydrogen) atoms. The minimum Gasteiger partial charge on any atom is -0.489 e. The van der Waals surface area contributed by atoms with E-state index in [2.05, 4.69) is 49.6 Å². The third kappa shape index (κ3) is 4.51. The fraction of sp³-hybridized carbons (Fsp3) is 0.350. The van der Waals surface area contributed by atoms with E-state index >= 15 is 0 Å². The summed E-state index contributed by atoms with van der Waals surface area (Å²) < 4.78 is 6.01. The molecule has 0 aromatic heterocycles. The molecular formula is C20H26N2O2. The first kappa shape index (κ1) is 17.9. The molecule has 0 aliphatic heterocycles. The highest BCUT2D eigenvalue weighted by Crippen LogP contribution is 2.24. The average Bonchev–Trinajstić information content (AvgIpc) is 2.61. The maximum absolute atomic E-state index is 11.6. The molecule has 0 spiro atoms. The number of amides is 2. The molecule has 0 aliphatic rings. The lowest BCUT2D eigenvalue weighted by atomic mass is 10.1. The maximum atomic E-state index is 11.6. The number of ether oxygens (including phenoxy) is 1. The van der Waals surface area contributed by atoms with E-state index in [-0.39, 0.29) is 6.03 Å². The van der Waals surface area contributed by atoms with Crippen molar-refractivity contribution in [3.8, 4) is 5.75 Å². The van der Waals surface area contributed by atoms with Gasteiger partial charge in [0.15, 0.2) is 0 Å². The molecule has 4 heteroatoms. The molecule has 2 amide bonds. The monoisotopic (exact) mass is 326 g/mol. The van der Waals surface area contributed by atoms with Crippen molar-refractivity contribution in [2.24, 2.45) is 0 Å². The van der Waals surface area contributed by atoms with Crippen LogP contribution in [0.3, 0.4) is 0 Å². The van der Waals surface area contributed by atoms with Gasteiger partial charge in [0.2, 0.25) is 0 Å². The Morgan fingerprint density at radius 1 is 1.04 bits per heavy atom. The Balaban J connectivity index is 2.19. The van der Waals surface area contributed by atoms with Crippen molar-refractivity contribution in [1.29, 1.82) is 0 Å².